The average Bonchev–Trinajstić information content (AvgIpc) is 2.63. The second kappa shape index (κ2) is 7.41. The highest BCUT2D eigenvalue weighted by molar-refractivity contribution is 5.94. The predicted octanol–water partition coefficient (Wildman–Crippen LogP) is 2.66. The molecule has 1 aliphatic heterocycles. The first kappa shape index (κ1) is 15.0. The molecule has 110 valence electrons. The molecule has 0 aliphatic carbocycles. The van der Waals surface area contributed by atoms with Gasteiger partial charge in [-0.25, -0.2) is 0 Å². The maximum Gasteiger partial charge on any atom is 0.227 e. The molecule has 2 rings (SSSR count). The van der Waals surface area contributed by atoms with Gasteiger partial charge in [0.25, 0.3) is 0 Å². The van der Waals surface area contributed by atoms with Gasteiger partial charge in [-0.1, -0.05) is 18.2 Å². The molecule has 1 heterocycles. The van der Waals surface area contributed by atoms with Crippen LogP contribution in [0.5, 0.6) is 0 Å². The summed E-state index contributed by atoms with van der Waals surface area (Å²) in [5.74, 6) is 0.117. The molecule has 0 spiro atoms. The van der Waals surface area contributed by atoms with E-state index in [1.54, 1.807) is 0 Å². The number of carbonyl (C=O) groups is 1. The van der Waals surface area contributed by atoms with Gasteiger partial charge in [0, 0.05) is 37.4 Å². The fraction of sp³-hybridized carbons (Fsp3) is 0.562. The molecular weight excluding hydrogens is 254 g/mol. The van der Waals surface area contributed by atoms with E-state index in [-0.39, 0.29) is 5.91 Å². The van der Waals surface area contributed by atoms with E-state index >= 15 is 0 Å². The van der Waals surface area contributed by atoms with Crippen molar-refractivity contribution in [3.05, 3.63) is 29.8 Å². The summed E-state index contributed by atoms with van der Waals surface area (Å²) in [5.41, 5.74) is 1.72. The highest BCUT2D eigenvalue weighted by Crippen LogP contribution is 2.32. The first-order valence-electron chi connectivity index (χ1n) is 7.39. The van der Waals surface area contributed by atoms with Crippen LogP contribution in [0, 0.1) is 0 Å². The third-order valence-electron chi connectivity index (χ3n) is 3.63. The van der Waals surface area contributed by atoms with Crippen molar-refractivity contribution >= 4 is 11.6 Å². The number of aliphatic hydroxyl groups is 1. The smallest absolute Gasteiger partial charge is 0.227 e. The van der Waals surface area contributed by atoms with Gasteiger partial charge in [0.15, 0.2) is 0 Å². The van der Waals surface area contributed by atoms with Gasteiger partial charge in [-0.05, 0) is 32.3 Å². The molecule has 0 fully saturated rings. The van der Waals surface area contributed by atoms with Gasteiger partial charge >= 0.3 is 0 Å². The van der Waals surface area contributed by atoms with Crippen LogP contribution in [0.1, 0.15) is 44.3 Å². The molecule has 1 unspecified atom stereocenters. The fourth-order valence-corrected chi connectivity index (χ4v) is 2.60. The van der Waals surface area contributed by atoms with Crippen molar-refractivity contribution in [3.8, 4) is 0 Å². The molecule has 1 atom stereocenters. The van der Waals surface area contributed by atoms with Crippen LogP contribution < -0.4 is 4.90 Å². The number of amides is 1. The van der Waals surface area contributed by atoms with Crippen molar-refractivity contribution in [1.82, 2.24) is 0 Å². The topological polar surface area (TPSA) is 49.8 Å². The van der Waals surface area contributed by atoms with E-state index in [4.69, 9.17) is 4.74 Å². The molecule has 0 saturated carbocycles. The van der Waals surface area contributed by atoms with Crippen molar-refractivity contribution in [1.29, 1.82) is 0 Å². The Morgan fingerprint density at radius 1 is 1.45 bits per heavy atom. The molecular formula is C16H23NO3. The molecule has 20 heavy (non-hydrogen) atoms. The molecule has 1 aromatic carbocycles. The standard InChI is InChI=1S/C16H23NO3/c1-2-20-12-6-10-16(19)17-11-5-9-15(18)13-7-3-4-8-14(13)17/h3-4,7-8,15,18H,2,5-6,9-12H2,1H3. The summed E-state index contributed by atoms with van der Waals surface area (Å²) in [6.07, 6.45) is 2.30. The predicted molar refractivity (Wildman–Crippen MR) is 78.7 cm³/mol. The molecule has 1 N–H and O–H groups in total. The molecule has 1 aliphatic rings. The number of hydrogen-bond donors (Lipinski definition) is 1. The first-order valence-corrected chi connectivity index (χ1v) is 7.39. The Bertz CT molecular complexity index is 447. The summed E-state index contributed by atoms with van der Waals surface area (Å²) in [4.78, 5) is 14.2. The number of hydrogen-bond acceptors (Lipinski definition) is 3. The van der Waals surface area contributed by atoms with E-state index in [0.29, 0.717) is 32.6 Å². The van der Waals surface area contributed by atoms with E-state index in [9.17, 15) is 9.90 Å². The number of ether oxygens (including phenoxy) is 1. The first-order chi connectivity index (χ1) is 9.74. The quantitative estimate of drug-likeness (QED) is 0.842. The summed E-state index contributed by atoms with van der Waals surface area (Å²) < 4.78 is 5.27. The van der Waals surface area contributed by atoms with Crippen LogP contribution in [0.2, 0.25) is 0 Å². The molecule has 4 heteroatoms. The third-order valence-corrected chi connectivity index (χ3v) is 3.63. The van der Waals surface area contributed by atoms with Crippen LogP contribution >= 0.6 is 0 Å². The number of para-hydroxylation sites is 1. The average molecular weight is 277 g/mol. The lowest BCUT2D eigenvalue weighted by Crippen LogP contribution is -2.31. The Morgan fingerprint density at radius 2 is 2.25 bits per heavy atom. The Kier molecular flexibility index (Phi) is 5.56. The molecule has 4 nitrogen and oxygen atoms in total. The minimum atomic E-state index is -0.465. The summed E-state index contributed by atoms with van der Waals surface area (Å²) in [5, 5.41) is 10.1. The van der Waals surface area contributed by atoms with E-state index < -0.39 is 6.10 Å². The lowest BCUT2D eigenvalue weighted by atomic mass is 10.0. The lowest BCUT2D eigenvalue weighted by molar-refractivity contribution is -0.119. The van der Waals surface area contributed by atoms with Crippen molar-refractivity contribution in [3.63, 3.8) is 0 Å². The van der Waals surface area contributed by atoms with Crippen LogP contribution in [-0.4, -0.2) is 30.8 Å². The number of anilines is 1. The van der Waals surface area contributed by atoms with E-state index in [1.165, 1.54) is 0 Å². The zero-order chi connectivity index (χ0) is 14.4. The fourth-order valence-electron chi connectivity index (χ4n) is 2.60. The normalized spacial score (nSPS) is 18.5. The third kappa shape index (κ3) is 3.58. The zero-order valence-corrected chi connectivity index (χ0v) is 12.0. The van der Waals surface area contributed by atoms with Gasteiger partial charge in [-0.3, -0.25) is 4.79 Å². The highest BCUT2D eigenvalue weighted by atomic mass is 16.5. The maximum absolute atomic E-state index is 12.4. The van der Waals surface area contributed by atoms with Crippen LogP contribution in [-0.2, 0) is 9.53 Å². The second-order valence-electron chi connectivity index (χ2n) is 5.06. The lowest BCUT2D eigenvalue weighted by Gasteiger charge is -2.23. The summed E-state index contributed by atoms with van der Waals surface area (Å²) in [6.45, 7) is 3.95. The second-order valence-corrected chi connectivity index (χ2v) is 5.06. The zero-order valence-electron chi connectivity index (χ0n) is 12.0. The van der Waals surface area contributed by atoms with Crippen molar-refractivity contribution in [2.75, 3.05) is 24.7 Å². The Balaban J connectivity index is 2.07. The summed E-state index contributed by atoms with van der Waals surface area (Å²) in [6, 6.07) is 7.65. The Hall–Kier alpha value is -1.39. The Labute approximate surface area is 120 Å². The van der Waals surface area contributed by atoms with Crippen molar-refractivity contribution in [2.45, 2.75) is 38.7 Å². The van der Waals surface area contributed by atoms with Crippen LogP contribution in [0.4, 0.5) is 5.69 Å². The molecule has 1 aromatic rings. The van der Waals surface area contributed by atoms with E-state index in [1.807, 2.05) is 36.1 Å². The van der Waals surface area contributed by atoms with Gasteiger partial charge in [-0.2, -0.15) is 0 Å². The minimum Gasteiger partial charge on any atom is -0.388 e. The number of benzene rings is 1. The molecule has 0 saturated heterocycles. The number of nitrogens with zero attached hydrogens (tertiary/aromatic N) is 1. The number of fused-ring (bicyclic) bond motifs is 1. The SMILES string of the molecule is CCOCCCC(=O)N1CCCC(O)c2ccccc21. The highest BCUT2D eigenvalue weighted by Gasteiger charge is 2.24. The van der Waals surface area contributed by atoms with Crippen LogP contribution in [0.25, 0.3) is 0 Å². The van der Waals surface area contributed by atoms with Crippen molar-refractivity contribution < 1.29 is 14.6 Å². The van der Waals surface area contributed by atoms with Crippen LogP contribution in [0.15, 0.2) is 24.3 Å². The number of carbonyl (C=O) groups excluding carboxylic acids is 1. The number of aliphatic hydroxyl groups excluding tert-OH is 1. The van der Waals surface area contributed by atoms with Gasteiger partial charge in [0.2, 0.25) is 5.91 Å². The summed E-state index contributed by atoms with van der Waals surface area (Å²) >= 11 is 0. The molecule has 0 radical (unpaired) electrons. The molecule has 0 aromatic heterocycles. The van der Waals surface area contributed by atoms with Gasteiger partial charge in [-0.15, -0.1) is 0 Å². The van der Waals surface area contributed by atoms with E-state index in [0.717, 1.165) is 24.1 Å². The molecule has 0 bridgehead atoms. The van der Waals surface area contributed by atoms with Gasteiger partial charge in [0.05, 0.1) is 6.10 Å². The van der Waals surface area contributed by atoms with Gasteiger partial charge < -0.3 is 14.7 Å². The number of rotatable bonds is 5. The van der Waals surface area contributed by atoms with Crippen LogP contribution in [0.3, 0.4) is 0 Å². The minimum absolute atomic E-state index is 0.117. The largest absolute Gasteiger partial charge is 0.388 e. The van der Waals surface area contributed by atoms with Crippen molar-refractivity contribution in [2.24, 2.45) is 0 Å². The monoisotopic (exact) mass is 277 g/mol. The Morgan fingerprint density at radius 3 is 3.05 bits per heavy atom. The summed E-state index contributed by atoms with van der Waals surface area (Å²) in [7, 11) is 0. The van der Waals surface area contributed by atoms with Gasteiger partial charge in [0.1, 0.15) is 0 Å². The van der Waals surface area contributed by atoms with E-state index in [2.05, 4.69) is 0 Å². The maximum atomic E-state index is 12.4. The molecule has 1 amide bonds.